The molecule has 0 aliphatic carbocycles. The number of nitrogens with zero attached hydrogens (tertiary/aromatic N) is 1. The molecule has 4 aromatic carbocycles. The normalized spacial score (nSPS) is 18.2. The maximum absolute atomic E-state index is 13.3. The van der Waals surface area contributed by atoms with Gasteiger partial charge in [-0.3, -0.25) is 0 Å². The highest BCUT2D eigenvalue weighted by Gasteiger charge is 2.41. The SMILES string of the molecule is Oc1cccc(-c2ccc([C@@H]3[C@H](CC[C@H](O)c4ccc(F)cc4)SC(=S)N3c3ccccc3)c(O)c2)c1. The van der Waals surface area contributed by atoms with Crippen molar-refractivity contribution < 1.29 is 19.7 Å². The third-order valence-corrected chi connectivity index (χ3v) is 8.30. The average molecular weight is 532 g/mol. The first kappa shape index (κ1) is 25.3. The number of benzene rings is 4. The summed E-state index contributed by atoms with van der Waals surface area (Å²) in [6.07, 6.45) is 0.362. The number of aromatic hydroxyl groups is 2. The fraction of sp³-hybridized carbons (Fsp3) is 0.167. The van der Waals surface area contributed by atoms with Crippen LogP contribution in [0.15, 0.2) is 97.1 Å². The Morgan fingerprint density at radius 3 is 2.30 bits per heavy atom. The van der Waals surface area contributed by atoms with Gasteiger partial charge in [0.25, 0.3) is 0 Å². The quantitative estimate of drug-likeness (QED) is 0.217. The lowest BCUT2D eigenvalue weighted by Gasteiger charge is -2.30. The van der Waals surface area contributed by atoms with Crippen molar-refractivity contribution >= 4 is 34.0 Å². The summed E-state index contributed by atoms with van der Waals surface area (Å²) < 4.78 is 14.0. The van der Waals surface area contributed by atoms with Crippen molar-refractivity contribution in [3.05, 3.63) is 114 Å². The molecule has 0 radical (unpaired) electrons. The molecule has 1 fully saturated rings. The topological polar surface area (TPSA) is 63.9 Å². The Hall–Kier alpha value is -3.39. The minimum Gasteiger partial charge on any atom is -0.508 e. The van der Waals surface area contributed by atoms with E-state index in [1.54, 1.807) is 48.2 Å². The van der Waals surface area contributed by atoms with Gasteiger partial charge in [0.15, 0.2) is 0 Å². The van der Waals surface area contributed by atoms with Crippen molar-refractivity contribution in [3.8, 4) is 22.6 Å². The molecule has 0 spiro atoms. The highest BCUT2D eigenvalue weighted by Crippen LogP contribution is 2.49. The van der Waals surface area contributed by atoms with Gasteiger partial charge in [0.2, 0.25) is 0 Å². The fourth-order valence-electron chi connectivity index (χ4n) is 4.77. The summed E-state index contributed by atoms with van der Waals surface area (Å²) in [6, 6.07) is 28.0. The lowest BCUT2D eigenvalue weighted by Crippen LogP contribution is -2.29. The molecule has 37 heavy (non-hydrogen) atoms. The van der Waals surface area contributed by atoms with Crippen molar-refractivity contribution in [2.45, 2.75) is 30.2 Å². The van der Waals surface area contributed by atoms with Crippen LogP contribution in [-0.4, -0.2) is 24.9 Å². The van der Waals surface area contributed by atoms with Crippen LogP contribution in [0, 0.1) is 5.82 Å². The van der Waals surface area contributed by atoms with E-state index in [0.717, 1.165) is 22.4 Å². The van der Waals surface area contributed by atoms with Gasteiger partial charge < -0.3 is 20.2 Å². The van der Waals surface area contributed by atoms with E-state index in [0.29, 0.717) is 22.7 Å². The van der Waals surface area contributed by atoms with Gasteiger partial charge in [0, 0.05) is 16.5 Å². The van der Waals surface area contributed by atoms with Crippen LogP contribution in [0.4, 0.5) is 10.1 Å². The number of para-hydroxylation sites is 1. The van der Waals surface area contributed by atoms with Crippen LogP contribution in [0.2, 0.25) is 0 Å². The monoisotopic (exact) mass is 531 g/mol. The molecule has 3 atom stereocenters. The van der Waals surface area contributed by atoms with Gasteiger partial charge in [0.05, 0.1) is 12.1 Å². The lowest BCUT2D eigenvalue weighted by molar-refractivity contribution is 0.163. The van der Waals surface area contributed by atoms with Crippen molar-refractivity contribution in [3.63, 3.8) is 0 Å². The summed E-state index contributed by atoms with van der Waals surface area (Å²) in [5.74, 6) is -0.0364. The second kappa shape index (κ2) is 10.9. The number of aliphatic hydroxyl groups excluding tert-OH is 1. The molecule has 5 rings (SSSR count). The van der Waals surface area contributed by atoms with Crippen LogP contribution < -0.4 is 4.90 Å². The van der Waals surface area contributed by atoms with Crippen LogP contribution in [0.1, 0.15) is 36.1 Å². The summed E-state index contributed by atoms with van der Waals surface area (Å²) in [7, 11) is 0. The number of phenolic OH excluding ortho intramolecular Hbond substituents is 2. The predicted molar refractivity (Wildman–Crippen MR) is 151 cm³/mol. The number of hydrogen-bond acceptors (Lipinski definition) is 5. The zero-order chi connectivity index (χ0) is 25.9. The number of thiocarbonyl (C=S) groups is 1. The molecule has 4 aromatic rings. The molecule has 1 aliphatic rings. The van der Waals surface area contributed by atoms with Crippen molar-refractivity contribution in [1.29, 1.82) is 0 Å². The standard InChI is InChI=1S/C30H26FNO3S2/c31-22-12-9-19(10-13-22)26(34)15-16-28-29(32(30(36)37-28)23-6-2-1-3-7-23)25-14-11-21(18-27(25)35)20-5-4-8-24(33)17-20/h1-14,17-18,26,28-29,33-35H,15-16H2/t26-,28-,29+/m0/s1. The molecule has 4 nitrogen and oxygen atoms in total. The Morgan fingerprint density at radius 2 is 1.59 bits per heavy atom. The molecule has 0 amide bonds. The average Bonchev–Trinajstić information content (AvgIpc) is 3.23. The van der Waals surface area contributed by atoms with Crippen molar-refractivity contribution in [2.75, 3.05) is 4.90 Å². The first-order chi connectivity index (χ1) is 17.9. The Balaban J connectivity index is 1.46. The Labute approximate surface area is 225 Å². The third-order valence-electron chi connectivity index (χ3n) is 6.62. The molecule has 0 unspecified atom stereocenters. The molecular formula is C30H26FNO3S2. The molecule has 3 N–H and O–H groups in total. The highest BCUT2D eigenvalue weighted by atomic mass is 32.2. The lowest BCUT2D eigenvalue weighted by atomic mass is 9.93. The second-order valence-corrected chi connectivity index (χ2v) is 10.9. The van der Waals surface area contributed by atoms with Crippen LogP contribution in [-0.2, 0) is 0 Å². The van der Waals surface area contributed by atoms with E-state index in [4.69, 9.17) is 12.2 Å². The molecule has 1 aliphatic heterocycles. The van der Waals surface area contributed by atoms with Crippen LogP contribution in [0.3, 0.4) is 0 Å². The minimum absolute atomic E-state index is 0.0275. The second-order valence-electron chi connectivity index (χ2n) is 9.04. The molecule has 7 heteroatoms. The van der Waals surface area contributed by atoms with Crippen LogP contribution in [0.25, 0.3) is 11.1 Å². The van der Waals surface area contributed by atoms with E-state index in [1.807, 2.05) is 48.5 Å². The van der Waals surface area contributed by atoms with Gasteiger partial charge in [-0.05, 0) is 72.0 Å². The van der Waals surface area contributed by atoms with Gasteiger partial charge in [-0.1, -0.05) is 78.6 Å². The number of phenols is 2. The third kappa shape index (κ3) is 5.49. The van der Waals surface area contributed by atoms with E-state index >= 15 is 0 Å². The highest BCUT2D eigenvalue weighted by molar-refractivity contribution is 8.24. The van der Waals surface area contributed by atoms with E-state index in [-0.39, 0.29) is 28.6 Å². The number of anilines is 1. The van der Waals surface area contributed by atoms with Crippen molar-refractivity contribution in [1.82, 2.24) is 0 Å². The molecular weight excluding hydrogens is 505 g/mol. The first-order valence-electron chi connectivity index (χ1n) is 12.0. The summed E-state index contributed by atoms with van der Waals surface area (Å²) in [4.78, 5) is 2.07. The number of aliphatic hydroxyl groups is 1. The first-order valence-corrected chi connectivity index (χ1v) is 13.3. The van der Waals surface area contributed by atoms with Crippen LogP contribution >= 0.6 is 24.0 Å². The zero-order valence-corrected chi connectivity index (χ0v) is 21.5. The molecule has 0 aromatic heterocycles. The molecule has 1 saturated heterocycles. The maximum atomic E-state index is 13.3. The maximum Gasteiger partial charge on any atom is 0.141 e. The Bertz CT molecular complexity index is 1400. The van der Waals surface area contributed by atoms with Gasteiger partial charge in [-0.25, -0.2) is 4.39 Å². The molecule has 1 heterocycles. The summed E-state index contributed by atoms with van der Waals surface area (Å²) in [6.45, 7) is 0. The number of rotatable bonds is 7. The number of halogens is 1. The van der Waals surface area contributed by atoms with Gasteiger partial charge >= 0.3 is 0 Å². The van der Waals surface area contributed by atoms with Gasteiger partial charge in [-0.2, -0.15) is 0 Å². The van der Waals surface area contributed by atoms with E-state index in [9.17, 15) is 19.7 Å². The predicted octanol–water partition coefficient (Wildman–Crippen LogP) is 7.37. The summed E-state index contributed by atoms with van der Waals surface area (Å²) in [5, 5.41) is 31.8. The van der Waals surface area contributed by atoms with Gasteiger partial charge in [-0.15, -0.1) is 0 Å². The van der Waals surface area contributed by atoms with E-state index in [2.05, 4.69) is 4.90 Å². The van der Waals surface area contributed by atoms with Gasteiger partial charge in [0.1, 0.15) is 21.6 Å². The zero-order valence-electron chi connectivity index (χ0n) is 19.9. The number of thioether (sulfide) groups is 1. The Morgan fingerprint density at radius 1 is 0.865 bits per heavy atom. The van der Waals surface area contributed by atoms with Crippen molar-refractivity contribution in [2.24, 2.45) is 0 Å². The summed E-state index contributed by atoms with van der Waals surface area (Å²) >= 11 is 7.36. The molecule has 0 saturated carbocycles. The van der Waals surface area contributed by atoms with E-state index < -0.39 is 6.10 Å². The fourth-order valence-corrected chi connectivity index (χ4v) is 6.61. The molecule has 0 bridgehead atoms. The van der Waals surface area contributed by atoms with Crippen LogP contribution in [0.5, 0.6) is 11.5 Å². The minimum atomic E-state index is -0.733. The number of hydrogen-bond donors (Lipinski definition) is 3. The largest absolute Gasteiger partial charge is 0.508 e. The Kier molecular flexibility index (Phi) is 7.46. The summed E-state index contributed by atoms with van der Waals surface area (Å²) in [5.41, 5.74) is 3.93. The van der Waals surface area contributed by atoms with E-state index in [1.165, 1.54) is 12.1 Å². The smallest absolute Gasteiger partial charge is 0.141 e. The molecule has 188 valence electrons.